The lowest BCUT2D eigenvalue weighted by atomic mass is 10.0. The van der Waals surface area contributed by atoms with Gasteiger partial charge in [-0.2, -0.15) is 0 Å². The molecule has 212 valence electrons. The number of hydrogen-bond donors (Lipinski definition) is 2. The fourth-order valence-electron chi connectivity index (χ4n) is 3.40. The third-order valence-corrected chi connectivity index (χ3v) is 6.43. The van der Waals surface area contributed by atoms with Gasteiger partial charge in [0.2, 0.25) is 6.29 Å². The number of carboxylic acid groups (broad SMARTS) is 1. The number of nitrogens with zero attached hydrogens (tertiary/aromatic N) is 1. The highest BCUT2D eigenvalue weighted by Gasteiger charge is 2.37. The largest absolute Gasteiger partial charge is 0.478 e. The summed E-state index contributed by atoms with van der Waals surface area (Å²) < 4.78 is 11.2. The fourth-order valence-corrected chi connectivity index (χ4v) is 4.16. The second kappa shape index (κ2) is 15.7. The first-order valence-corrected chi connectivity index (χ1v) is 14.3. The van der Waals surface area contributed by atoms with E-state index in [9.17, 15) is 9.90 Å². The van der Waals surface area contributed by atoms with Gasteiger partial charge < -0.3 is 19.5 Å². The Kier molecular flexibility index (Phi) is 12.3. The number of aromatic carboxylic acids is 1. The zero-order chi connectivity index (χ0) is 29.1. The minimum atomic E-state index is -1.29. The summed E-state index contributed by atoms with van der Waals surface area (Å²) in [5.41, 5.74) is 1.67. The quantitative estimate of drug-likeness (QED) is 0.213. The number of benzene rings is 3. The Morgan fingerprint density at radius 2 is 1.52 bits per heavy atom. The van der Waals surface area contributed by atoms with Crippen molar-refractivity contribution >= 4 is 40.8 Å². The third kappa shape index (κ3) is 9.27. The summed E-state index contributed by atoms with van der Waals surface area (Å²) >= 11 is 18.6. The lowest BCUT2D eigenvalue weighted by Crippen LogP contribution is -2.09. The molecule has 0 amide bonds. The molecule has 0 spiro atoms. The average molecular weight is 605 g/mol. The Hall–Kier alpha value is -3.03. The maximum absolute atomic E-state index is 10.8. The predicted octanol–water partition coefficient (Wildman–Crippen LogP) is 9.83. The molecule has 1 heterocycles. The van der Waals surface area contributed by atoms with Crippen molar-refractivity contribution in [2.75, 3.05) is 0 Å². The van der Waals surface area contributed by atoms with E-state index in [0.717, 1.165) is 12.8 Å². The number of carboxylic acids is 1. The predicted molar refractivity (Wildman–Crippen MR) is 160 cm³/mol. The minimum absolute atomic E-state index is 0.213. The summed E-state index contributed by atoms with van der Waals surface area (Å²) in [7, 11) is 0. The van der Waals surface area contributed by atoms with Crippen LogP contribution in [0.4, 0.5) is 0 Å². The van der Waals surface area contributed by atoms with Crippen LogP contribution in [0.25, 0.3) is 11.3 Å². The van der Waals surface area contributed by atoms with Crippen LogP contribution in [0.5, 0.6) is 5.75 Å². The summed E-state index contributed by atoms with van der Waals surface area (Å²) in [4.78, 5) is 10.2. The Labute approximate surface area is 249 Å². The van der Waals surface area contributed by atoms with Crippen LogP contribution in [0.1, 0.15) is 79.8 Å². The molecule has 0 radical (unpaired) electrons. The maximum Gasteiger partial charge on any atom is 0.335 e. The second-order valence-electron chi connectivity index (χ2n) is 8.84. The van der Waals surface area contributed by atoms with Crippen LogP contribution >= 0.6 is 34.8 Å². The Balaban J connectivity index is 0.000000259. The lowest BCUT2D eigenvalue weighted by Gasteiger charge is -2.15. The number of aliphatic hydroxyl groups is 1. The van der Waals surface area contributed by atoms with Crippen LogP contribution < -0.4 is 4.74 Å². The van der Waals surface area contributed by atoms with E-state index in [0.29, 0.717) is 49.0 Å². The van der Waals surface area contributed by atoms with Gasteiger partial charge in [-0.05, 0) is 55.3 Å². The van der Waals surface area contributed by atoms with Crippen molar-refractivity contribution in [3.8, 4) is 17.0 Å². The molecule has 2 aliphatic carbocycles. The molecule has 2 aliphatic rings. The van der Waals surface area contributed by atoms with Crippen LogP contribution in [-0.2, 0) is 0 Å². The van der Waals surface area contributed by atoms with Gasteiger partial charge in [0.25, 0.3) is 0 Å². The van der Waals surface area contributed by atoms with E-state index in [1.54, 1.807) is 72.8 Å². The third-order valence-electron chi connectivity index (χ3n) is 5.57. The number of hydrogen-bond acceptors (Lipinski definition) is 5. The monoisotopic (exact) mass is 603 g/mol. The maximum atomic E-state index is 10.8. The molecule has 2 fully saturated rings. The smallest absolute Gasteiger partial charge is 0.335 e. The number of carbonyl (C=O) groups is 1. The van der Waals surface area contributed by atoms with Crippen molar-refractivity contribution < 1.29 is 24.3 Å². The zero-order valence-corrected chi connectivity index (χ0v) is 24.6. The molecule has 4 aromatic rings. The number of aliphatic hydroxyl groups excluding tert-OH is 1. The minimum Gasteiger partial charge on any atom is -0.478 e. The SMILES string of the molecule is C1CC1.CC.O=C(O)c1ccccc1.OC(Oc1cccc(Cl)c1)c1c(-c2c(Cl)cccc2Cl)noc1C1CC1. The standard InChI is InChI=1S/C19H14Cl3NO3.C7H6O2.C3H6.C2H6/c20-11-3-1-4-12(9-11)25-19(24)16-17(23-26-18(16)10-7-8-10)15-13(21)5-2-6-14(15)22;8-7(9)6-4-2-1-3-5-6;1-2-3-1;1-2/h1-6,9-10,19,24H,7-8H2;1-5H,(H,8,9);1-3H2;1-2H3. The molecule has 1 atom stereocenters. The highest BCUT2D eigenvalue weighted by Crippen LogP contribution is 2.48. The average Bonchev–Trinajstić information content (AvgIpc) is 3.89. The van der Waals surface area contributed by atoms with Crippen molar-refractivity contribution in [2.45, 2.75) is 58.2 Å². The van der Waals surface area contributed by atoms with Crippen molar-refractivity contribution in [2.24, 2.45) is 0 Å². The summed E-state index contributed by atoms with van der Waals surface area (Å²) in [6.45, 7) is 4.00. The number of halogens is 3. The van der Waals surface area contributed by atoms with Crippen LogP contribution in [0, 0.1) is 0 Å². The molecule has 2 saturated carbocycles. The first kappa shape index (κ1) is 31.5. The number of aromatic nitrogens is 1. The molecule has 9 heteroatoms. The van der Waals surface area contributed by atoms with Crippen LogP contribution in [0.2, 0.25) is 15.1 Å². The van der Waals surface area contributed by atoms with E-state index in [1.165, 1.54) is 19.3 Å². The topological polar surface area (TPSA) is 92.8 Å². The number of ether oxygens (including phenoxy) is 1. The van der Waals surface area contributed by atoms with Gasteiger partial charge in [-0.3, -0.25) is 0 Å². The summed E-state index contributed by atoms with van der Waals surface area (Å²) in [6, 6.07) is 20.3. The summed E-state index contributed by atoms with van der Waals surface area (Å²) in [5, 5.41) is 24.7. The molecule has 2 N–H and O–H groups in total. The van der Waals surface area contributed by atoms with Gasteiger partial charge >= 0.3 is 5.97 Å². The molecule has 0 aliphatic heterocycles. The fraction of sp³-hybridized carbons (Fsp3) is 0.290. The first-order valence-electron chi connectivity index (χ1n) is 13.2. The zero-order valence-electron chi connectivity index (χ0n) is 22.3. The van der Waals surface area contributed by atoms with Gasteiger partial charge in [-0.15, -0.1) is 0 Å². The van der Waals surface area contributed by atoms with Gasteiger partial charge in [-0.25, -0.2) is 4.79 Å². The van der Waals surface area contributed by atoms with E-state index in [1.807, 2.05) is 13.8 Å². The molecule has 40 heavy (non-hydrogen) atoms. The Morgan fingerprint density at radius 1 is 0.925 bits per heavy atom. The van der Waals surface area contributed by atoms with Crippen molar-refractivity contribution in [3.63, 3.8) is 0 Å². The second-order valence-corrected chi connectivity index (χ2v) is 10.1. The van der Waals surface area contributed by atoms with Crippen LogP contribution in [0.3, 0.4) is 0 Å². The molecule has 6 nitrogen and oxygen atoms in total. The van der Waals surface area contributed by atoms with Crippen LogP contribution in [0.15, 0.2) is 77.3 Å². The number of rotatable bonds is 6. The Morgan fingerprint density at radius 3 is 2.02 bits per heavy atom. The molecule has 0 saturated heterocycles. The van der Waals surface area contributed by atoms with E-state index in [-0.39, 0.29) is 5.92 Å². The molecule has 6 rings (SSSR count). The first-order chi connectivity index (χ1) is 19.3. The lowest BCUT2D eigenvalue weighted by molar-refractivity contribution is -0.0203. The van der Waals surface area contributed by atoms with Crippen molar-refractivity contribution in [3.05, 3.63) is 105 Å². The highest BCUT2D eigenvalue weighted by atomic mass is 35.5. The van der Waals surface area contributed by atoms with Crippen molar-refractivity contribution in [1.82, 2.24) is 5.16 Å². The van der Waals surface area contributed by atoms with E-state index in [2.05, 4.69) is 5.16 Å². The molecule has 1 aromatic heterocycles. The Bertz CT molecular complexity index is 1350. The van der Waals surface area contributed by atoms with Gasteiger partial charge in [-0.1, -0.05) is 103 Å². The van der Waals surface area contributed by atoms with Gasteiger partial charge in [0, 0.05) is 16.5 Å². The van der Waals surface area contributed by atoms with Crippen LogP contribution in [-0.4, -0.2) is 21.3 Å². The molecular weight excluding hydrogens is 573 g/mol. The summed E-state index contributed by atoms with van der Waals surface area (Å²) in [6.07, 6.45) is 5.15. The van der Waals surface area contributed by atoms with E-state index < -0.39 is 12.3 Å². The molecule has 3 aromatic carbocycles. The highest BCUT2D eigenvalue weighted by molar-refractivity contribution is 6.39. The normalized spacial score (nSPS) is 13.8. The molecule has 0 bridgehead atoms. The molecule has 1 unspecified atom stereocenters. The van der Waals surface area contributed by atoms with E-state index >= 15 is 0 Å². The summed E-state index contributed by atoms with van der Waals surface area (Å²) in [5.74, 6) is 0.371. The van der Waals surface area contributed by atoms with Gasteiger partial charge in [0.15, 0.2) is 0 Å². The van der Waals surface area contributed by atoms with Gasteiger partial charge in [0.05, 0.1) is 21.2 Å². The van der Waals surface area contributed by atoms with E-state index in [4.69, 9.17) is 49.2 Å². The molecular formula is C31H32Cl3NO5. The van der Waals surface area contributed by atoms with Crippen molar-refractivity contribution in [1.29, 1.82) is 0 Å². The van der Waals surface area contributed by atoms with Gasteiger partial charge in [0.1, 0.15) is 17.2 Å².